The van der Waals surface area contributed by atoms with Gasteiger partial charge in [0, 0.05) is 19.3 Å². The lowest BCUT2D eigenvalue weighted by atomic mass is 10.1. The van der Waals surface area contributed by atoms with Gasteiger partial charge in [-0.15, -0.1) is 0 Å². The fraction of sp³-hybridized carbons (Fsp3) is 0.585. The van der Waals surface area contributed by atoms with E-state index in [9.17, 15) is 14.4 Å². The summed E-state index contributed by atoms with van der Waals surface area (Å²) < 4.78 is 16.8. The third kappa shape index (κ3) is 56.1. The minimum atomic E-state index is -0.825. The number of carbonyl (C=O) groups excluding carboxylic acids is 3. The molecule has 0 heterocycles. The molecule has 0 aliphatic rings. The van der Waals surface area contributed by atoms with Crippen molar-refractivity contribution in [1.29, 1.82) is 0 Å². The van der Waals surface area contributed by atoms with Crippen molar-refractivity contribution in [3.05, 3.63) is 146 Å². The summed E-state index contributed by atoms with van der Waals surface area (Å²) in [7, 11) is 0. The van der Waals surface area contributed by atoms with Gasteiger partial charge in [-0.2, -0.15) is 0 Å². The van der Waals surface area contributed by atoms with Crippen LogP contribution in [0, 0.1) is 0 Å². The highest BCUT2D eigenvalue weighted by molar-refractivity contribution is 5.71. The van der Waals surface area contributed by atoms with Crippen LogP contribution in [0.5, 0.6) is 0 Å². The predicted octanol–water partition coefficient (Wildman–Crippen LogP) is 19.2. The van der Waals surface area contributed by atoms with E-state index in [1.807, 2.05) is 12.2 Å². The molecule has 71 heavy (non-hydrogen) atoms. The van der Waals surface area contributed by atoms with Crippen LogP contribution in [0.4, 0.5) is 0 Å². The molecule has 0 spiro atoms. The topological polar surface area (TPSA) is 78.9 Å². The first kappa shape index (κ1) is 66.3. The molecule has 0 aliphatic heterocycles. The van der Waals surface area contributed by atoms with E-state index in [4.69, 9.17) is 14.2 Å². The molecule has 0 saturated heterocycles. The Hall–Kier alpha value is -4.71. The molecule has 0 radical (unpaired) electrons. The molecule has 6 nitrogen and oxygen atoms in total. The van der Waals surface area contributed by atoms with Crippen LogP contribution in [0.15, 0.2) is 146 Å². The Morgan fingerprint density at radius 3 is 0.873 bits per heavy atom. The summed E-state index contributed by atoms with van der Waals surface area (Å²) in [4.78, 5) is 38.1. The Morgan fingerprint density at radius 2 is 0.535 bits per heavy atom. The average Bonchev–Trinajstić information content (AvgIpc) is 3.37. The molecule has 0 aromatic rings. The summed E-state index contributed by atoms with van der Waals surface area (Å²) in [6.07, 6.45) is 82.8. The highest BCUT2D eigenvalue weighted by atomic mass is 16.6. The van der Waals surface area contributed by atoms with Crippen LogP contribution < -0.4 is 0 Å². The number of hydrogen-bond acceptors (Lipinski definition) is 6. The van der Waals surface area contributed by atoms with Gasteiger partial charge in [0.15, 0.2) is 6.10 Å². The van der Waals surface area contributed by atoms with Crippen molar-refractivity contribution in [1.82, 2.24) is 0 Å². The van der Waals surface area contributed by atoms with Gasteiger partial charge in [-0.25, -0.2) is 0 Å². The normalized spacial score (nSPS) is 13.2. The summed E-state index contributed by atoms with van der Waals surface area (Å²) in [5, 5.41) is 0. The second-order valence-corrected chi connectivity index (χ2v) is 18.0. The zero-order valence-electron chi connectivity index (χ0n) is 45.4. The number of carbonyl (C=O) groups is 3. The Kier molecular flexibility index (Phi) is 54.0. The van der Waals surface area contributed by atoms with E-state index < -0.39 is 6.10 Å². The van der Waals surface area contributed by atoms with E-state index in [1.165, 1.54) is 44.9 Å². The third-order valence-corrected chi connectivity index (χ3v) is 11.3. The minimum absolute atomic E-state index is 0.116. The van der Waals surface area contributed by atoms with E-state index >= 15 is 0 Å². The fourth-order valence-electron chi connectivity index (χ4n) is 7.20. The highest BCUT2D eigenvalue weighted by Gasteiger charge is 2.19. The zero-order valence-corrected chi connectivity index (χ0v) is 45.4. The van der Waals surface area contributed by atoms with Gasteiger partial charge >= 0.3 is 17.9 Å². The van der Waals surface area contributed by atoms with Crippen LogP contribution in [0.25, 0.3) is 0 Å². The molecular formula is C65H102O6. The molecule has 0 bridgehead atoms. The molecule has 0 rings (SSSR count). The lowest BCUT2D eigenvalue weighted by Crippen LogP contribution is -2.30. The average molecular weight is 980 g/mol. The molecule has 0 saturated carbocycles. The summed E-state index contributed by atoms with van der Waals surface area (Å²) >= 11 is 0. The van der Waals surface area contributed by atoms with E-state index in [2.05, 4.69) is 154 Å². The molecule has 0 fully saturated rings. The molecule has 0 aliphatic carbocycles. The van der Waals surface area contributed by atoms with Crippen molar-refractivity contribution >= 4 is 17.9 Å². The summed E-state index contributed by atoms with van der Waals surface area (Å²) in [5.41, 5.74) is 0. The van der Waals surface area contributed by atoms with Gasteiger partial charge in [-0.05, 0) is 122 Å². The van der Waals surface area contributed by atoms with Crippen LogP contribution in [-0.4, -0.2) is 37.2 Å². The Bertz CT molecular complexity index is 1590. The SMILES string of the molecule is CC/C=C\C/C=C\C/C=C\C/C=C\CCCCCCCCCCC(=O)OCC(COC(=O)CC/C=C\C/C=C\C/C=C\C/C=C\CC)OC(=O)CCCCCCCC/C=C\C/C=C\C/C=C\C/C=C\CC. The molecule has 398 valence electrons. The van der Waals surface area contributed by atoms with E-state index in [1.54, 1.807) is 0 Å². The van der Waals surface area contributed by atoms with Gasteiger partial charge in [0.25, 0.3) is 0 Å². The maximum Gasteiger partial charge on any atom is 0.306 e. The molecule has 1 atom stereocenters. The number of hydrogen-bond donors (Lipinski definition) is 0. The number of esters is 3. The molecular weight excluding hydrogens is 877 g/mol. The Morgan fingerprint density at radius 1 is 0.282 bits per heavy atom. The van der Waals surface area contributed by atoms with E-state index in [0.29, 0.717) is 12.8 Å². The van der Waals surface area contributed by atoms with Crippen molar-refractivity contribution in [2.24, 2.45) is 0 Å². The Balaban J connectivity index is 4.49. The molecule has 0 amide bonds. The lowest BCUT2D eigenvalue weighted by Gasteiger charge is -2.18. The first-order valence-electron chi connectivity index (χ1n) is 28.3. The summed E-state index contributed by atoms with van der Waals surface area (Å²) in [5.74, 6) is -1.03. The third-order valence-electron chi connectivity index (χ3n) is 11.3. The smallest absolute Gasteiger partial charge is 0.306 e. The lowest BCUT2D eigenvalue weighted by molar-refractivity contribution is -0.166. The molecule has 0 aromatic heterocycles. The van der Waals surface area contributed by atoms with Crippen molar-refractivity contribution in [3.8, 4) is 0 Å². The van der Waals surface area contributed by atoms with Crippen LogP contribution in [0.2, 0.25) is 0 Å². The summed E-state index contributed by atoms with van der Waals surface area (Å²) in [6.45, 7) is 6.20. The van der Waals surface area contributed by atoms with E-state index in [0.717, 1.165) is 135 Å². The van der Waals surface area contributed by atoms with Gasteiger partial charge in [-0.1, -0.05) is 231 Å². The second-order valence-electron chi connectivity index (χ2n) is 18.0. The van der Waals surface area contributed by atoms with Gasteiger partial charge in [-0.3, -0.25) is 14.4 Å². The van der Waals surface area contributed by atoms with Crippen molar-refractivity contribution in [2.45, 2.75) is 232 Å². The first-order valence-corrected chi connectivity index (χ1v) is 28.3. The zero-order chi connectivity index (χ0) is 51.4. The fourth-order valence-corrected chi connectivity index (χ4v) is 7.20. The van der Waals surface area contributed by atoms with Crippen LogP contribution >= 0.6 is 0 Å². The van der Waals surface area contributed by atoms with Gasteiger partial charge < -0.3 is 14.2 Å². The van der Waals surface area contributed by atoms with E-state index in [-0.39, 0.29) is 44.0 Å². The number of allylic oxidation sites excluding steroid dienone is 24. The minimum Gasteiger partial charge on any atom is -0.462 e. The molecule has 0 N–H and O–H groups in total. The van der Waals surface area contributed by atoms with Gasteiger partial charge in [0.2, 0.25) is 0 Å². The predicted molar refractivity (Wildman–Crippen MR) is 306 cm³/mol. The van der Waals surface area contributed by atoms with Crippen LogP contribution in [0.1, 0.15) is 226 Å². The number of unbranched alkanes of at least 4 members (excludes halogenated alkanes) is 14. The molecule has 0 aromatic carbocycles. The summed E-state index contributed by atoms with van der Waals surface area (Å²) in [6, 6.07) is 0. The Labute approximate surface area is 436 Å². The monoisotopic (exact) mass is 979 g/mol. The maximum absolute atomic E-state index is 12.9. The van der Waals surface area contributed by atoms with Gasteiger partial charge in [0.1, 0.15) is 13.2 Å². The maximum atomic E-state index is 12.9. The van der Waals surface area contributed by atoms with Crippen molar-refractivity contribution < 1.29 is 28.6 Å². The standard InChI is InChI=1S/C65H102O6/c1-4-7-10-13-16-19-22-25-27-29-31-32-34-35-37-40-43-46-49-52-55-58-64(67)70-61-62(60-69-63(66)57-54-51-48-45-42-39-24-21-18-15-12-9-6-3)71-65(68)59-56-53-50-47-44-41-38-36-33-30-28-26-23-20-17-14-11-8-5-2/h7-12,16-21,25-28,31-33,36,39,42,48,51,62H,4-6,13-15,22-24,29-30,34-35,37-38,40-41,43-47,49-50,52-61H2,1-3H3/b10-7-,11-8-,12-9-,19-16-,20-17-,21-18-,27-25-,28-26-,32-31-,36-33-,42-39-,51-48-. The number of rotatable bonds is 49. The van der Waals surface area contributed by atoms with Crippen molar-refractivity contribution in [2.75, 3.05) is 13.2 Å². The number of ether oxygens (including phenoxy) is 3. The molecule has 6 heteroatoms. The first-order chi connectivity index (χ1) is 35.0. The van der Waals surface area contributed by atoms with Crippen LogP contribution in [0.3, 0.4) is 0 Å². The largest absolute Gasteiger partial charge is 0.462 e. The van der Waals surface area contributed by atoms with Crippen LogP contribution in [-0.2, 0) is 28.6 Å². The van der Waals surface area contributed by atoms with Gasteiger partial charge in [0.05, 0.1) is 0 Å². The van der Waals surface area contributed by atoms with Crippen molar-refractivity contribution in [3.63, 3.8) is 0 Å². The molecule has 1 unspecified atom stereocenters. The second kappa shape index (κ2) is 57.9. The quantitative estimate of drug-likeness (QED) is 0.0262. The highest BCUT2D eigenvalue weighted by Crippen LogP contribution is 2.14.